The van der Waals surface area contributed by atoms with Crippen molar-refractivity contribution in [3.8, 4) is 11.5 Å². The summed E-state index contributed by atoms with van der Waals surface area (Å²) in [4.78, 5) is 14.4. The van der Waals surface area contributed by atoms with Crippen LogP contribution >= 0.6 is 23.2 Å². The summed E-state index contributed by atoms with van der Waals surface area (Å²) < 4.78 is 10.4. The highest BCUT2D eigenvalue weighted by molar-refractivity contribution is 6.42. The Morgan fingerprint density at radius 3 is 2.30 bits per heavy atom. The molecule has 146 valence electrons. The summed E-state index contributed by atoms with van der Waals surface area (Å²) in [5.74, 6) is 1.13. The fourth-order valence-corrected chi connectivity index (χ4v) is 2.78. The number of rotatable bonds is 8. The first-order chi connectivity index (χ1) is 13.0. The van der Waals surface area contributed by atoms with E-state index in [2.05, 4.69) is 5.32 Å². The summed E-state index contributed by atoms with van der Waals surface area (Å²) in [5, 5.41) is 12.9. The number of nitrogens with one attached hydrogen (secondary N) is 1. The van der Waals surface area contributed by atoms with Gasteiger partial charge >= 0.3 is 6.03 Å². The van der Waals surface area contributed by atoms with Crippen molar-refractivity contribution in [1.29, 1.82) is 0 Å². The average Bonchev–Trinajstić information content (AvgIpc) is 2.67. The second-order valence-corrected chi connectivity index (χ2v) is 6.59. The Bertz CT molecular complexity index is 764. The molecule has 2 aromatic rings. The van der Waals surface area contributed by atoms with Gasteiger partial charge in [0.2, 0.25) is 0 Å². The number of ether oxygens (including phenoxy) is 2. The molecule has 0 heterocycles. The Balaban J connectivity index is 2.17. The minimum absolute atomic E-state index is 0.0157. The van der Waals surface area contributed by atoms with Crippen LogP contribution in [0.4, 0.5) is 10.5 Å². The molecule has 2 N–H and O–H groups in total. The van der Waals surface area contributed by atoms with E-state index in [0.717, 1.165) is 5.56 Å². The number of benzene rings is 2. The van der Waals surface area contributed by atoms with Crippen molar-refractivity contribution in [3.05, 3.63) is 52.0 Å². The Morgan fingerprint density at radius 1 is 1.07 bits per heavy atom. The summed E-state index contributed by atoms with van der Waals surface area (Å²) in [6.07, 6.45) is 0.455. The highest BCUT2D eigenvalue weighted by Crippen LogP contribution is 2.27. The van der Waals surface area contributed by atoms with Crippen LogP contribution in [0.1, 0.15) is 12.0 Å². The van der Waals surface area contributed by atoms with E-state index in [-0.39, 0.29) is 12.6 Å². The van der Waals surface area contributed by atoms with Gasteiger partial charge in [-0.3, -0.25) is 0 Å². The summed E-state index contributed by atoms with van der Waals surface area (Å²) in [6.45, 7) is 0.686. The van der Waals surface area contributed by atoms with Crippen LogP contribution in [-0.2, 0) is 6.54 Å². The van der Waals surface area contributed by atoms with E-state index in [1.54, 1.807) is 35.2 Å². The molecule has 2 aromatic carbocycles. The molecule has 0 aliphatic rings. The van der Waals surface area contributed by atoms with Gasteiger partial charge in [0, 0.05) is 43.6 Å². The molecule has 0 unspecified atom stereocenters. The fraction of sp³-hybridized carbons (Fsp3) is 0.316. The zero-order valence-electron chi connectivity index (χ0n) is 15.2. The second-order valence-electron chi connectivity index (χ2n) is 5.78. The molecule has 0 bridgehead atoms. The van der Waals surface area contributed by atoms with Gasteiger partial charge in [-0.1, -0.05) is 29.3 Å². The maximum absolute atomic E-state index is 12.8. The first kappa shape index (κ1) is 21.2. The van der Waals surface area contributed by atoms with Crippen LogP contribution < -0.4 is 14.8 Å². The van der Waals surface area contributed by atoms with Crippen LogP contribution in [0.5, 0.6) is 11.5 Å². The topological polar surface area (TPSA) is 71.0 Å². The standard InChI is InChI=1S/C19H22Cl2N2O4/c1-26-15-9-14(10-16(11-15)27-2)22-19(25)23(6-3-7-24)12-13-4-5-17(20)18(21)8-13/h4-5,8-11,24H,3,6-7,12H2,1-2H3,(H,22,25). The third-order valence-electron chi connectivity index (χ3n) is 3.83. The molecule has 0 radical (unpaired) electrons. The highest BCUT2D eigenvalue weighted by Gasteiger charge is 2.15. The molecular formula is C19H22Cl2N2O4. The molecule has 8 heteroatoms. The van der Waals surface area contributed by atoms with Crippen LogP contribution in [-0.4, -0.2) is 43.4 Å². The van der Waals surface area contributed by atoms with Gasteiger partial charge in [0.25, 0.3) is 0 Å². The normalized spacial score (nSPS) is 10.4. The number of halogens is 2. The number of aliphatic hydroxyl groups excluding tert-OH is 1. The molecule has 2 rings (SSSR count). The largest absolute Gasteiger partial charge is 0.497 e. The SMILES string of the molecule is COc1cc(NC(=O)N(CCCO)Cc2ccc(Cl)c(Cl)c2)cc(OC)c1. The van der Waals surface area contributed by atoms with E-state index < -0.39 is 0 Å². The first-order valence-electron chi connectivity index (χ1n) is 8.30. The molecule has 0 aliphatic heterocycles. The number of hydrogen-bond donors (Lipinski definition) is 2. The zero-order chi connectivity index (χ0) is 19.8. The van der Waals surface area contributed by atoms with Gasteiger partial charge in [-0.15, -0.1) is 0 Å². The van der Waals surface area contributed by atoms with E-state index in [9.17, 15) is 4.79 Å². The maximum Gasteiger partial charge on any atom is 0.322 e. The van der Waals surface area contributed by atoms with Gasteiger partial charge in [-0.2, -0.15) is 0 Å². The second kappa shape index (κ2) is 10.3. The number of carbonyl (C=O) groups is 1. The van der Waals surface area contributed by atoms with Crippen LogP contribution in [0.2, 0.25) is 10.0 Å². The Hall–Kier alpha value is -2.15. The molecule has 2 amide bonds. The molecule has 6 nitrogen and oxygen atoms in total. The van der Waals surface area contributed by atoms with Crippen LogP contribution in [0.3, 0.4) is 0 Å². The molecule has 27 heavy (non-hydrogen) atoms. The third-order valence-corrected chi connectivity index (χ3v) is 4.57. The monoisotopic (exact) mass is 412 g/mol. The van der Waals surface area contributed by atoms with Crippen molar-refractivity contribution in [3.63, 3.8) is 0 Å². The predicted octanol–water partition coefficient (Wildman–Crippen LogP) is 4.43. The number of amides is 2. The first-order valence-corrected chi connectivity index (χ1v) is 9.06. The average molecular weight is 413 g/mol. The van der Waals surface area contributed by atoms with E-state index in [1.807, 2.05) is 6.07 Å². The molecule has 0 saturated carbocycles. The number of urea groups is 1. The van der Waals surface area contributed by atoms with Crippen molar-refractivity contribution in [2.45, 2.75) is 13.0 Å². The number of methoxy groups -OCH3 is 2. The lowest BCUT2D eigenvalue weighted by Gasteiger charge is -2.23. The van der Waals surface area contributed by atoms with Gasteiger partial charge in [0.15, 0.2) is 0 Å². The van der Waals surface area contributed by atoms with Crippen molar-refractivity contribution in [1.82, 2.24) is 4.90 Å². The molecule has 0 fully saturated rings. The maximum atomic E-state index is 12.8. The number of hydrogen-bond acceptors (Lipinski definition) is 4. The Kier molecular flexibility index (Phi) is 8.03. The summed E-state index contributed by atoms with van der Waals surface area (Å²) in [5.41, 5.74) is 1.38. The summed E-state index contributed by atoms with van der Waals surface area (Å²) >= 11 is 12.0. The summed E-state index contributed by atoms with van der Waals surface area (Å²) in [7, 11) is 3.08. The van der Waals surface area contributed by atoms with Gasteiger partial charge in [-0.05, 0) is 24.1 Å². The fourth-order valence-electron chi connectivity index (χ4n) is 2.45. The van der Waals surface area contributed by atoms with E-state index in [1.165, 1.54) is 14.2 Å². The summed E-state index contributed by atoms with van der Waals surface area (Å²) in [6, 6.07) is 10.0. The third kappa shape index (κ3) is 6.20. The van der Waals surface area contributed by atoms with Crippen molar-refractivity contribution >= 4 is 34.9 Å². The van der Waals surface area contributed by atoms with Crippen molar-refractivity contribution in [2.24, 2.45) is 0 Å². The van der Waals surface area contributed by atoms with Crippen molar-refractivity contribution in [2.75, 3.05) is 32.7 Å². The van der Waals surface area contributed by atoms with Crippen LogP contribution in [0, 0.1) is 0 Å². The lowest BCUT2D eigenvalue weighted by Crippen LogP contribution is -2.35. The Labute approximate surface area is 168 Å². The van der Waals surface area contributed by atoms with E-state index in [0.29, 0.717) is 46.7 Å². The molecular weight excluding hydrogens is 391 g/mol. The number of nitrogens with zero attached hydrogens (tertiary/aromatic N) is 1. The van der Waals surface area contributed by atoms with E-state index in [4.69, 9.17) is 37.8 Å². The molecule has 0 aliphatic carbocycles. The molecule has 0 saturated heterocycles. The van der Waals surface area contributed by atoms with Crippen LogP contribution in [0.25, 0.3) is 0 Å². The van der Waals surface area contributed by atoms with Crippen molar-refractivity contribution < 1.29 is 19.4 Å². The molecule has 0 aromatic heterocycles. The lowest BCUT2D eigenvalue weighted by atomic mass is 10.2. The van der Waals surface area contributed by atoms with E-state index >= 15 is 0 Å². The lowest BCUT2D eigenvalue weighted by molar-refractivity contribution is 0.199. The van der Waals surface area contributed by atoms with Gasteiger partial charge in [-0.25, -0.2) is 4.79 Å². The quantitative estimate of drug-likeness (QED) is 0.672. The minimum Gasteiger partial charge on any atom is -0.497 e. The van der Waals surface area contributed by atoms with Gasteiger partial charge in [0.05, 0.1) is 24.3 Å². The predicted molar refractivity (Wildman–Crippen MR) is 107 cm³/mol. The number of anilines is 1. The molecule has 0 spiro atoms. The van der Waals surface area contributed by atoms with Gasteiger partial charge in [0.1, 0.15) is 11.5 Å². The highest BCUT2D eigenvalue weighted by atomic mass is 35.5. The molecule has 0 atom stereocenters. The number of carbonyl (C=O) groups excluding carboxylic acids is 1. The van der Waals surface area contributed by atoms with Crippen LogP contribution in [0.15, 0.2) is 36.4 Å². The minimum atomic E-state index is -0.315. The Morgan fingerprint density at radius 2 is 1.74 bits per heavy atom. The van der Waals surface area contributed by atoms with Gasteiger partial charge < -0.3 is 24.8 Å². The zero-order valence-corrected chi connectivity index (χ0v) is 16.7. The number of aliphatic hydroxyl groups is 1. The smallest absolute Gasteiger partial charge is 0.322 e.